The molecule has 0 saturated carbocycles. The summed E-state index contributed by atoms with van der Waals surface area (Å²) in [4.78, 5) is 13.3. The van der Waals surface area contributed by atoms with E-state index in [2.05, 4.69) is 31.3 Å². The SMILES string of the molecule is CCCCCCCCC/C=C\CCCCCCCC(=O)NC(COC1OC(CO)C(OC2OC(CO)C(OC3OC(CO)C(O)C(O)C3O)C(O)C2O)C(O)C1O)C(O)/C=C/CCCCCCCCCCCCCCCCC. The summed E-state index contributed by atoms with van der Waals surface area (Å²) < 4.78 is 34.2. The molecule has 0 aromatic carbocycles. The van der Waals surface area contributed by atoms with Crippen LogP contribution in [-0.4, -0.2) is 193 Å². The molecule has 3 aliphatic heterocycles. The van der Waals surface area contributed by atoms with Gasteiger partial charge in [0.2, 0.25) is 5.91 Å². The van der Waals surface area contributed by atoms with E-state index < -0.39 is 124 Å². The fraction of sp³-hybridized carbons (Fsp3) is 0.915. The maximum atomic E-state index is 13.3. The molecule has 0 bridgehead atoms. The molecule has 19 heteroatoms. The van der Waals surface area contributed by atoms with Gasteiger partial charge in [-0.2, -0.15) is 0 Å². The van der Waals surface area contributed by atoms with Crippen LogP contribution in [0.5, 0.6) is 0 Å². The Morgan fingerprint density at radius 1 is 0.449 bits per heavy atom. The zero-order valence-corrected chi connectivity index (χ0v) is 47.7. The quantitative estimate of drug-likeness (QED) is 0.0263. The Kier molecular flexibility index (Phi) is 38.9. The molecule has 0 aromatic heterocycles. The molecule has 19 nitrogen and oxygen atoms in total. The number of unbranched alkanes of at least 4 members (excludes halogenated alkanes) is 27. The number of nitrogens with one attached hydrogen (secondary N) is 1. The normalized spacial score (nSPS) is 30.6. The summed E-state index contributed by atoms with van der Waals surface area (Å²) >= 11 is 0. The lowest BCUT2D eigenvalue weighted by Gasteiger charge is -2.48. The van der Waals surface area contributed by atoms with Gasteiger partial charge in [-0.25, -0.2) is 0 Å². The summed E-state index contributed by atoms with van der Waals surface area (Å²) in [6.45, 7) is 1.72. The van der Waals surface area contributed by atoms with Crippen molar-refractivity contribution in [3.8, 4) is 0 Å². The molecule has 3 fully saturated rings. The number of amides is 1. The largest absolute Gasteiger partial charge is 0.394 e. The Hall–Kier alpha value is -1.73. The third-order valence-electron chi connectivity index (χ3n) is 15.5. The molecule has 1 amide bonds. The number of allylic oxidation sites excluding steroid dienone is 3. The molecule has 458 valence electrons. The Morgan fingerprint density at radius 3 is 1.24 bits per heavy atom. The summed E-state index contributed by atoms with van der Waals surface area (Å²) in [6.07, 6.45) is 17.2. The van der Waals surface area contributed by atoms with Crippen molar-refractivity contribution < 1.29 is 89.4 Å². The number of hydrogen-bond donors (Lipinski definition) is 12. The predicted molar refractivity (Wildman–Crippen MR) is 296 cm³/mol. The van der Waals surface area contributed by atoms with Crippen molar-refractivity contribution in [3.63, 3.8) is 0 Å². The Bertz CT molecular complexity index is 1530. The maximum Gasteiger partial charge on any atom is 0.220 e. The summed E-state index contributed by atoms with van der Waals surface area (Å²) in [5, 5.41) is 120. The van der Waals surface area contributed by atoms with Gasteiger partial charge >= 0.3 is 0 Å². The monoisotopic (exact) mass is 1120 g/mol. The van der Waals surface area contributed by atoms with Crippen molar-refractivity contribution in [1.29, 1.82) is 0 Å². The molecule has 17 unspecified atom stereocenters. The topological polar surface area (TPSA) is 307 Å². The van der Waals surface area contributed by atoms with E-state index in [0.29, 0.717) is 6.42 Å². The van der Waals surface area contributed by atoms with Crippen molar-refractivity contribution in [3.05, 3.63) is 24.3 Å². The molecular formula is C59H109NO18. The number of hydrogen-bond acceptors (Lipinski definition) is 18. The minimum absolute atomic E-state index is 0.235. The maximum absolute atomic E-state index is 13.3. The predicted octanol–water partition coefficient (Wildman–Crippen LogP) is 5.54. The zero-order chi connectivity index (χ0) is 56.9. The van der Waals surface area contributed by atoms with Crippen LogP contribution in [0.3, 0.4) is 0 Å². The molecular weight excluding hydrogens is 1010 g/mol. The van der Waals surface area contributed by atoms with Crippen molar-refractivity contribution >= 4 is 5.91 Å². The molecule has 17 atom stereocenters. The molecule has 3 saturated heterocycles. The summed E-state index contributed by atoms with van der Waals surface area (Å²) in [5.41, 5.74) is 0. The lowest BCUT2D eigenvalue weighted by molar-refractivity contribution is -0.379. The van der Waals surface area contributed by atoms with Gasteiger partial charge in [0.15, 0.2) is 18.9 Å². The zero-order valence-electron chi connectivity index (χ0n) is 47.7. The summed E-state index contributed by atoms with van der Waals surface area (Å²) in [5.74, 6) is -0.283. The van der Waals surface area contributed by atoms with Crippen molar-refractivity contribution in [1.82, 2.24) is 5.32 Å². The summed E-state index contributed by atoms with van der Waals surface area (Å²) in [7, 11) is 0. The first-order chi connectivity index (χ1) is 37.8. The number of carbonyl (C=O) groups is 1. The van der Waals surface area contributed by atoms with Gasteiger partial charge in [-0.05, 0) is 44.9 Å². The fourth-order valence-electron chi connectivity index (χ4n) is 10.4. The van der Waals surface area contributed by atoms with Gasteiger partial charge in [0.25, 0.3) is 0 Å². The molecule has 0 spiro atoms. The van der Waals surface area contributed by atoms with E-state index in [9.17, 15) is 61.0 Å². The van der Waals surface area contributed by atoms with Crippen LogP contribution >= 0.6 is 0 Å². The standard InChI is InChI=1S/C59H109NO18/c1-3-5-7-9-11-13-15-17-19-21-22-24-26-28-30-32-34-36-43(64)42(60-47(65)37-35-33-31-29-27-25-23-20-18-16-14-12-10-8-6-4-2)41-73-57-53(71)50(68)55(45(39-62)75-57)78-59-54(72)51(69)56(46(40-63)76-59)77-58-52(70)49(67)48(66)44(38-61)74-58/h20,23,34,36,42-46,48-59,61-64,66-72H,3-19,21-22,24-33,35,37-41H2,1-2H3,(H,60,65)/b23-20-,36-34+. The van der Waals surface area contributed by atoms with Crippen LogP contribution in [0, 0.1) is 0 Å². The lowest BCUT2D eigenvalue weighted by atomic mass is 9.96. The first kappa shape index (κ1) is 70.5. The number of aliphatic hydroxyl groups excluding tert-OH is 11. The Balaban J connectivity index is 1.51. The second-order valence-electron chi connectivity index (χ2n) is 22.2. The molecule has 78 heavy (non-hydrogen) atoms. The third-order valence-corrected chi connectivity index (χ3v) is 15.5. The van der Waals surface area contributed by atoms with E-state index in [1.807, 2.05) is 6.08 Å². The van der Waals surface area contributed by atoms with E-state index in [1.165, 1.54) is 122 Å². The highest BCUT2D eigenvalue weighted by molar-refractivity contribution is 5.76. The van der Waals surface area contributed by atoms with E-state index >= 15 is 0 Å². The van der Waals surface area contributed by atoms with Gasteiger partial charge in [-0.15, -0.1) is 0 Å². The van der Waals surface area contributed by atoms with Crippen LogP contribution in [-0.2, 0) is 33.2 Å². The molecule has 3 heterocycles. The molecule has 3 rings (SSSR count). The second kappa shape index (κ2) is 43.0. The molecule has 12 N–H and O–H groups in total. The van der Waals surface area contributed by atoms with Crippen LogP contribution in [0.4, 0.5) is 0 Å². The molecule has 0 aliphatic carbocycles. The van der Waals surface area contributed by atoms with Crippen molar-refractivity contribution in [2.24, 2.45) is 0 Å². The van der Waals surface area contributed by atoms with Crippen LogP contribution in [0.2, 0.25) is 0 Å². The fourth-order valence-corrected chi connectivity index (χ4v) is 10.4. The lowest BCUT2D eigenvalue weighted by Crippen LogP contribution is -2.66. The summed E-state index contributed by atoms with van der Waals surface area (Å²) in [6, 6.07) is -0.974. The van der Waals surface area contributed by atoms with Crippen molar-refractivity contribution in [2.75, 3.05) is 26.4 Å². The number of carbonyl (C=O) groups excluding carboxylic acids is 1. The Morgan fingerprint density at radius 2 is 0.808 bits per heavy atom. The number of aliphatic hydroxyl groups is 11. The van der Waals surface area contributed by atoms with Gasteiger partial charge in [0, 0.05) is 6.42 Å². The average Bonchev–Trinajstić information content (AvgIpc) is 3.47. The van der Waals surface area contributed by atoms with E-state index in [-0.39, 0.29) is 18.9 Å². The van der Waals surface area contributed by atoms with Crippen LogP contribution < -0.4 is 5.32 Å². The van der Waals surface area contributed by atoms with Gasteiger partial charge in [-0.1, -0.05) is 186 Å². The van der Waals surface area contributed by atoms with Gasteiger partial charge < -0.3 is 89.9 Å². The van der Waals surface area contributed by atoms with Gasteiger partial charge in [0.05, 0.1) is 38.6 Å². The van der Waals surface area contributed by atoms with Gasteiger partial charge in [-0.3, -0.25) is 4.79 Å². The number of ether oxygens (including phenoxy) is 6. The van der Waals surface area contributed by atoms with Gasteiger partial charge in [0.1, 0.15) is 73.2 Å². The third kappa shape index (κ3) is 26.7. The molecule has 0 aromatic rings. The molecule has 3 aliphatic rings. The number of rotatable bonds is 45. The first-order valence-electron chi connectivity index (χ1n) is 30.6. The second-order valence-corrected chi connectivity index (χ2v) is 22.2. The highest BCUT2D eigenvalue weighted by Crippen LogP contribution is 2.33. The molecule has 0 radical (unpaired) electrons. The van der Waals surface area contributed by atoms with Crippen LogP contribution in [0.1, 0.15) is 213 Å². The minimum atomic E-state index is -1.98. The van der Waals surface area contributed by atoms with Crippen molar-refractivity contribution in [2.45, 2.75) is 317 Å². The smallest absolute Gasteiger partial charge is 0.220 e. The van der Waals surface area contributed by atoms with Crippen LogP contribution in [0.15, 0.2) is 24.3 Å². The van der Waals surface area contributed by atoms with Crippen LogP contribution in [0.25, 0.3) is 0 Å². The van der Waals surface area contributed by atoms with E-state index in [4.69, 9.17) is 28.4 Å². The first-order valence-corrected chi connectivity index (χ1v) is 30.6. The highest BCUT2D eigenvalue weighted by Gasteiger charge is 2.53. The van der Waals surface area contributed by atoms with E-state index in [0.717, 1.165) is 64.2 Å². The minimum Gasteiger partial charge on any atom is -0.394 e. The Labute approximate surface area is 467 Å². The van der Waals surface area contributed by atoms with E-state index in [1.54, 1.807) is 6.08 Å². The average molecular weight is 1120 g/mol. The highest BCUT2D eigenvalue weighted by atomic mass is 16.8.